The molecule has 1 heterocycles. The van der Waals surface area contributed by atoms with Gasteiger partial charge < -0.3 is 9.64 Å². The van der Waals surface area contributed by atoms with Gasteiger partial charge in [-0.3, -0.25) is 10.1 Å². The second-order valence-electron chi connectivity index (χ2n) is 7.37. The lowest BCUT2D eigenvalue weighted by Gasteiger charge is -2.34. The van der Waals surface area contributed by atoms with Crippen molar-refractivity contribution in [1.29, 1.82) is 0 Å². The quantitative estimate of drug-likeness (QED) is 0.327. The number of aromatic nitrogens is 2. The highest BCUT2D eigenvalue weighted by Gasteiger charge is 2.26. The Morgan fingerprint density at radius 1 is 1.29 bits per heavy atom. The van der Waals surface area contributed by atoms with Crippen LogP contribution in [0.5, 0.6) is 0 Å². The fourth-order valence-corrected chi connectivity index (χ4v) is 4.91. The summed E-state index contributed by atoms with van der Waals surface area (Å²) in [5, 5.41) is 11.6. The summed E-state index contributed by atoms with van der Waals surface area (Å²) in [7, 11) is 0. The van der Waals surface area contributed by atoms with Crippen LogP contribution in [0.4, 0.5) is 9.93 Å². The number of carbonyl (C=O) groups excluding carboxylic acids is 2. The van der Waals surface area contributed by atoms with Gasteiger partial charge in [0.1, 0.15) is 0 Å². The zero-order chi connectivity index (χ0) is 20.4. The summed E-state index contributed by atoms with van der Waals surface area (Å²) in [5.74, 6) is 0.938. The normalized spacial score (nSPS) is 14.9. The Bertz CT molecular complexity index is 618. The number of hydrogen-bond donors (Lipinski definition) is 1. The van der Waals surface area contributed by atoms with Crippen LogP contribution in [-0.2, 0) is 9.53 Å². The first kappa shape index (κ1) is 22.9. The van der Waals surface area contributed by atoms with Crippen LogP contribution in [0.25, 0.3) is 0 Å². The fourth-order valence-electron chi connectivity index (χ4n) is 3.18. The number of thioether (sulfide) groups is 1. The molecule has 0 unspecified atom stereocenters. The summed E-state index contributed by atoms with van der Waals surface area (Å²) >= 11 is 2.80. The van der Waals surface area contributed by atoms with Gasteiger partial charge in [0.25, 0.3) is 0 Å². The van der Waals surface area contributed by atoms with E-state index >= 15 is 0 Å². The van der Waals surface area contributed by atoms with Crippen LogP contribution in [0.15, 0.2) is 4.34 Å². The van der Waals surface area contributed by atoms with Gasteiger partial charge in [-0.2, -0.15) is 0 Å². The monoisotopic (exact) mass is 428 g/mol. The molecule has 1 aromatic rings. The van der Waals surface area contributed by atoms with E-state index < -0.39 is 0 Å². The first-order valence-electron chi connectivity index (χ1n) is 10.2. The highest BCUT2D eigenvalue weighted by Crippen LogP contribution is 2.28. The summed E-state index contributed by atoms with van der Waals surface area (Å²) in [6.45, 7) is 7.33. The third-order valence-corrected chi connectivity index (χ3v) is 6.65. The topological polar surface area (TPSA) is 84.4 Å². The molecule has 1 aromatic heterocycles. The number of hydrogen-bond acceptors (Lipinski definition) is 7. The molecule has 0 atom stereocenters. The van der Waals surface area contributed by atoms with Crippen molar-refractivity contribution in [1.82, 2.24) is 15.1 Å². The molecular formula is C19H32N4O3S2. The minimum atomic E-state index is -0.207. The number of amides is 2. The van der Waals surface area contributed by atoms with Gasteiger partial charge in [-0.05, 0) is 32.1 Å². The maximum Gasteiger partial charge on any atom is 0.323 e. The molecule has 1 aliphatic rings. The summed E-state index contributed by atoms with van der Waals surface area (Å²) in [4.78, 5) is 26.3. The highest BCUT2D eigenvalue weighted by molar-refractivity contribution is 8.01. The van der Waals surface area contributed by atoms with E-state index in [1.54, 1.807) is 6.92 Å². The molecule has 1 aliphatic carbocycles. The third-order valence-electron chi connectivity index (χ3n) is 4.68. The van der Waals surface area contributed by atoms with Gasteiger partial charge in [-0.25, -0.2) is 4.79 Å². The molecule has 1 N–H and O–H groups in total. The van der Waals surface area contributed by atoms with E-state index in [0.29, 0.717) is 35.9 Å². The Labute approximate surface area is 176 Å². The number of nitrogens with one attached hydrogen (secondary N) is 1. The van der Waals surface area contributed by atoms with Crippen LogP contribution < -0.4 is 5.32 Å². The van der Waals surface area contributed by atoms with E-state index in [2.05, 4.69) is 29.4 Å². The van der Waals surface area contributed by atoms with Crippen molar-refractivity contribution < 1.29 is 14.3 Å². The summed E-state index contributed by atoms with van der Waals surface area (Å²) in [6, 6.07) is 0.241. The van der Waals surface area contributed by atoms with Crippen LogP contribution >= 0.6 is 23.1 Å². The van der Waals surface area contributed by atoms with Crippen molar-refractivity contribution >= 4 is 40.2 Å². The van der Waals surface area contributed by atoms with E-state index in [1.807, 2.05) is 4.90 Å². The second kappa shape index (κ2) is 12.3. The van der Waals surface area contributed by atoms with Gasteiger partial charge in [0, 0.05) is 18.3 Å². The van der Waals surface area contributed by atoms with E-state index in [-0.39, 0.29) is 12.0 Å². The Hall–Kier alpha value is -1.35. The molecule has 2 rings (SSSR count). The van der Waals surface area contributed by atoms with Crippen molar-refractivity contribution in [3.63, 3.8) is 0 Å². The average molecular weight is 429 g/mol. The first-order chi connectivity index (χ1) is 13.5. The Morgan fingerprint density at radius 2 is 2.04 bits per heavy atom. The lowest BCUT2D eigenvalue weighted by Crippen LogP contribution is -2.44. The Balaban J connectivity index is 1.87. The number of nitrogens with zero attached hydrogens (tertiary/aromatic N) is 3. The zero-order valence-corrected chi connectivity index (χ0v) is 18.7. The predicted octanol–water partition coefficient (Wildman–Crippen LogP) is 4.80. The SMILES string of the molecule is CCOC(=O)CCSc1nnc(NC(=O)N(CCC(C)C)C2CCCCC2)s1. The molecule has 0 aliphatic heterocycles. The average Bonchev–Trinajstić information content (AvgIpc) is 3.10. The zero-order valence-electron chi connectivity index (χ0n) is 17.1. The number of carbonyl (C=O) groups is 2. The predicted molar refractivity (Wildman–Crippen MR) is 114 cm³/mol. The number of urea groups is 1. The highest BCUT2D eigenvalue weighted by atomic mass is 32.2. The smallest absolute Gasteiger partial charge is 0.323 e. The van der Waals surface area contributed by atoms with E-state index in [9.17, 15) is 9.59 Å². The Kier molecular flexibility index (Phi) is 10.0. The van der Waals surface area contributed by atoms with Gasteiger partial charge >= 0.3 is 12.0 Å². The molecule has 0 aromatic carbocycles. The van der Waals surface area contributed by atoms with E-state index in [0.717, 1.165) is 30.1 Å². The summed E-state index contributed by atoms with van der Waals surface area (Å²) < 4.78 is 5.66. The number of rotatable bonds is 10. The van der Waals surface area contributed by atoms with Crippen LogP contribution in [0.2, 0.25) is 0 Å². The van der Waals surface area contributed by atoms with Gasteiger partial charge in [0.2, 0.25) is 5.13 Å². The lowest BCUT2D eigenvalue weighted by molar-refractivity contribution is -0.142. The summed E-state index contributed by atoms with van der Waals surface area (Å²) in [5.41, 5.74) is 0. The molecule has 0 saturated heterocycles. The van der Waals surface area contributed by atoms with E-state index in [4.69, 9.17) is 4.74 Å². The maximum absolute atomic E-state index is 12.9. The summed E-state index contributed by atoms with van der Waals surface area (Å²) in [6.07, 6.45) is 7.14. The van der Waals surface area contributed by atoms with Crippen molar-refractivity contribution in [2.45, 2.75) is 76.1 Å². The second-order valence-corrected chi connectivity index (χ2v) is 9.69. The van der Waals surface area contributed by atoms with Crippen molar-refractivity contribution in [3.05, 3.63) is 0 Å². The minimum absolute atomic E-state index is 0.0771. The number of esters is 1. The number of ether oxygens (including phenoxy) is 1. The van der Waals surface area contributed by atoms with Crippen LogP contribution in [0.3, 0.4) is 0 Å². The lowest BCUT2D eigenvalue weighted by atomic mass is 9.94. The molecule has 1 fully saturated rings. The molecule has 1 saturated carbocycles. The van der Waals surface area contributed by atoms with Crippen LogP contribution in [-0.4, -0.2) is 52.0 Å². The van der Waals surface area contributed by atoms with Crippen LogP contribution in [0, 0.1) is 5.92 Å². The van der Waals surface area contributed by atoms with Gasteiger partial charge in [-0.1, -0.05) is 56.2 Å². The van der Waals surface area contributed by atoms with Crippen molar-refractivity contribution in [3.8, 4) is 0 Å². The number of anilines is 1. The molecule has 7 nitrogen and oxygen atoms in total. The molecule has 2 amide bonds. The molecule has 0 bridgehead atoms. The van der Waals surface area contributed by atoms with Crippen molar-refractivity contribution in [2.75, 3.05) is 24.2 Å². The molecule has 0 radical (unpaired) electrons. The molecular weight excluding hydrogens is 396 g/mol. The fraction of sp³-hybridized carbons (Fsp3) is 0.789. The standard InChI is InChI=1S/C19H32N4O3S2/c1-4-26-16(24)11-13-27-19-22-21-17(28-19)20-18(25)23(12-10-14(2)3)15-8-6-5-7-9-15/h14-15H,4-13H2,1-3H3,(H,20,21,25). The van der Waals surface area contributed by atoms with Gasteiger partial charge in [0.15, 0.2) is 4.34 Å². The Morgan fingerprint density at radius 3 is 2.71 bits per heavy atom. The largest absolute Gasteiger partial charge is 0.466 e. The maximum atomic E-state index is 12.9. The first-order valence-corrected chi connectivity index (χ1v) is 12.0. The van der Waals surface area contributed by atoms with Crippen LogP contribution in [0.1, 0.15) is 65.7 Å². The van der Waals surface area contributed by atoms with E-state index in [1.165, 1.54) is 42.4 Å². The van der Waals surface area contributed by atoms with Crippen molar-refractivity contribution in [2.24, 2.45) is 5.92 Å². The van der Waals surface area contributed by atoms with Gasteiger partial charge in [-0.15, -0.1) is 10.2 Å². The van der Waals surface area contributed by atoms with Gasteiger partial charge in [0.05, 0.1) is 13.0 Å². The molecule has 158 valence electrons. The molecule has 0 spiro atoms. The molecule has 28 heavy (non-hydrogen) atoms. The minimum Gasteiger partial charge on any atom is -0.466 e. The third kappa shape index (κ3) is 7.95. The molecule has 9 heteroatoms.